The van der Waals surface area contributed by atoms with Crippen LogP contribution in [0.1, 0.15) is 18.4 Å². The zero-order valence-corrected chi connectivity index (χ0v) is 16.0. The van der Waals surface area contributed by atoms with Gasteiger partial charge in [-0.05, 0) is 43.0 Å². The maximum absolute atomic E-state index is 12.2. The second kappa shape index (κ2) is 8.01. The molecule has 1 aliphatic rings. The van der Waals surface area contributed by atoms with Gasteiger partial charge in [-0.2, -0.15) is 0 Å². The van der Waals surface area contributed by atoms with Gasteiger partial charge in [0, 0.05) is 34.3 Å². The van der Waals surface area contributed by atoms with Crippen LogP contribution >= 0.6 is 11.8 Å². The Morgan fingerprint density at radius 3 is 2.63 bits per heavy atom. The van der Waals surface area contributed by atoms with Gasteiger partial charge in [0.05, 0.1) is 5.52 Å². The lowest BCUT2D eigenvalue weighted by atomic mass is 10.1. The molecule has 1 fully saturated rings. The van der Waals surface area contributed by atoms with E-state index in [2.05, 4.69) is 58.1 Å². The van der Waals surface area contributed by atoms with E-state index in [1.807, 2.05) is 36.2 Å². The number of nitrogens with one attached hydrogen (secondary N) is 2. The van der Waals surface area contributed by atoms with Crippen molar-refractivity contribution in [3.8, 4) is 0 Å². The molecular weight excluding hydrogens is 354 g/mol. The molecule has 0 radical (unpaired) electrons. The van der Waals surface area contributed by atoms with Crippen LogP contribution in [0.3, 0.4) is 0 Å². The molecule has 5 heteroatoms. The number of hydrogen-bond donors (Lipinski definition) is 2. The Bertz CT molecular complexity index is 920. The predicted molar refractivity (Wildman–Crippen MR) is 111 cm³/mol. The van der Waals surface area contributed by atoms with Crippen LogP contribution in [0.2, 0.25) is 0 Å². The first-order chi connectivity index (χ1) is 13.2. The zero-order chi connectivity index (χ0) is 18.5. The van der Waals surface area contributed by atoms with Gasteiger partial charge in [-0.15, -0.1) is 11.8 Å². The van der Waals surface area contributed by atoms with E-state index in [1.54, 1.807) is 0 Å². The predicted octanol–water partition coefficient (Wildman–Crippen LogP) is 4.40. The lowest BCUT2D eigenvalue weighted by Gasteiger charge is -2.16. The molecule has 0 aliphatic heterocycles. The van der Waals surface area contributed by atoms with Gasteiger partial charge in [-0.1, -0.05) is 42.5 Å². The molecule has 0 saturated heterocycles. The van der Waals surface area contributed by atoms with Gasteiger partial charge in [0.15, 0.2) is 0 Å². The minimum Gasteiger partial charge on any atom is -0.338 e. The van der Waals surface area contributed by atoms with Crippen molar-refractivity contribution in [3.05, 3.63) is 72.4 Å². The molecule has 3 aromatic rings. The summed E-state index contributed by atoms with van der Waals surface area (Å²) in [5.74, 6) is 0. The van der Waals surface area contributed by atoms with Crippen molar-refractivity contribution in [3.63, 3.8) is 0 Å². The molecule has 0 unspecified atom stereocenters. The summed E-state index contributed by atoms with van der Waals surface area (Å²) in [5.41, 5.74) is 2.17. The first-order valence-corrected chi connectivity index (χ1v) is 10.1. The number of carbonyl (C=O) groups is 1. The Labute approximate surface area is 163 Å². The highest BCUT2D eigenvalue weighted by atomic mass is 32.2. The van der Waals surface area contributed by atoms with Crippen molar-refractivity contribution in [2.75, 3.05) is 13.1 Å². The number of aromatic nitrogens is 1. The van der Waals surface area contributed by atoms with Crippen molar-refractivity contribution in [2.24, 2.45) is 0 Å². The van der Waals surface area contributed by atoms with Crippen molar-refractivity contribution < 1.29 is 4.79 Å². The van der Waals surface area contributed by atoms with E-state index < -0.39 is 0 Å². The van der Waals surface area contributed by atoms with Gasteiger partial charge >= 0.3 is 6.03 Å². The van der Waals surface area contributed by atoms with Crippen LogP contribution in [-0.2, 0) is 6.42 Å². The molecule has 27 heavy (non-hydrogen) atoms. The molecule has 1 heterocycles. The highest BCUT2D eigenvalue weighted by Crippen LogP contribution is 2.51. The van der Waals surface area contributed by atoms with Crippen LogP contribution in [0.5, 0.6) is 0 Å². The molecule has 1 aromatic heterocycles. The Morgan fingerprint density at radius 1 is 1.00 bits per heavy atom. The summed E-state index contributed by atoms with van der Waals surface area (Å²) < 4.78 is 0.165. The summed E-state index contributed by atoms with van der Waals surface area (Å²) in [6.45, 7) is 1.30. The summed E-state index contributed by atoms with van der Waals surface area (Å²) in [5, 5.41) is 7.15. The second-order valence-electron chi connectivity index (χ2n) is 6.95. The van der Waals surface area contributed by atoms with Crippen LogP contribution in [0.25, 0.3) is 10.9 Å². The topological polar surface area (TPSA) is 54.0 Å². The number of hydrogen-bond acceptors (Lipinski definition) is 3. The van der Waals surface area contributed by atoms with E-state index >= 15 is 0 Å². The van der Waals surface area contributed by atoms with Crippen LogP contribution in [0.15, 0.2) is 71.8 Å². The normalized spacial score (nSPS) is 14.7. The van der Waals surface area contributed by atoms with E-state index in [-0.39, 0.29) is 10.8 Å². The molecule has 4 rings (SSSR count). The molecule has 1 saturated carbocycles. The number of benzene rings is 2. The number of pyridine rings is 1. The number of para-hydroxylation sites is 1. The van der Waals surface area contributed by atoms with Crippen LogP contribution in [0, 0.1) is 0 Å². The van der Waals surface area contributed by atoms with Gasteiger partial charge < -0.3 is 10.6 Å². The molecule has 0 atom stereocenters. The number of amides is 2. The van der Waals surface area contributed by atoms with Crippen molar-refractivity contribution >= 4 is 28.7 Å². The second-order valence-corrected chi connectivity index (χ2v) is 8.49. The fourth-order valence-corrected chi connectivity index (χ4v) is 4.42. The fourth-order valence-electron chi connectivity index (χ4n) is 3.18. The first kappa shape index (κ1) is 17.9. The summed E-state index contributed by atoms with van der Waals surface area (Å²) in [7, 11) is 0. The Kier molecular flexibility index (Phi) is 5.30. The third kappa shape index (κ3) is 4.61. The maximum atomic E-state index is 12.2. The SMILES string of the molecule is O=C(NCCc1cccc2cccnc12)NCC1(Sc2ccccc2)CC1. The average molecular weight is 378 g/mol. The molecular formula is C22H23N3OS. The maximum Gasteiger partial charge on any atom is 0.314 e. The molecule has 1 aliphatic carbocycles. The van der Waals surface area contributed by atoms with E-state index in [1.165, 1.54) is 4.90 Å². The summed E-state index contributed by atoms with van der Waals surface area (Å²) >= 11 is 1.87. The van der Waals surface area contributed by atoms with E-state index in [9.17, 15) is 4.79 Å². The summed E-state index contributed by atoms with van der Waals surface area (Å²) in [4.78, 5) is 17.9. The summed E-state index contributed by atoms with van der Waals surface area (Å²) in [6.07, 6.45) is 4.88. The van der Waals surface area contributed by atoms with Crippen molar-refractivity contribution in [1.82, 2.24) is 15.6 Å². The lowest BCUT2D eigenvalue weighted by Crippen LogP contribution is -2.40. The van der Waals surface area contributed by atoms with Gasteiger partial charge in [-0.25, -0.2) is 4.79 Å². The largest absolute Gasteiger partial charge is 0.338 e. The average Bonchev–Trinajstić information content (AvgIpc) is 3.47. The molecule has 2 aromatic carbocycles. The Morgan fingerprint density at radius 2 is 1.81 bits per heavy atom. The smallest absolute Gasteiger partial charge is 0.314 e. The van der Waals surface area contributed by atoms with Crippen LogP contribution < -0.4 is 10.6 Å². The number of fused-ring (bicyclic) bond motifs is 1. The van der Waals surface area contributed by atoms with Crippen LogP contribution in [-0.4, -0.2) is 28.9 Å². The molecule has 138 valence electrons. The zero-order valence-electron chi connectivity index (χ0n) is 15.2. The lowest BCUT2D eigenvalue weighted by molar-refractivity contribution is 0.241. The van der Waals surface area contributed by atoms with Gasteiger partial charge in [0.2, 0.25) is 0 Å². The minimum atomic E-state index is -0.0943. The summed E-state index contributed by atoms with van der Waals surface area (Å²) in [6, 6.07) is 20.5. The van der Waals surface area contributed by atoms with E-state index in [0.717, 1.165) is 35.7 Å². The Hall–Kier alpha value is -2.53. The van der Waals surface area contributed by atoms with E-state index in [0.29, 0.717) is 13.1 Å². The van der Waals surface area contributed by atoms with Crippen molar-refractivity contribution in [1.29, 1.82) is 0 Å². The van der Waals surface area contributed by atoms with Gasteiger partial charge in [0.1, 0.15) is 0 Å². The highest BCUT2D eigenvalue weighted by Gasteiger charge is 2.43. The van der Waals surface area contributed by atoms with Gasteiger partial charge in [-0.3, -0.25) is 4.98 Å². The molecule has 4 nitrogen and oxygen atoms in total. The fraction of sp³-hybridized carbons (Fsp3) is 0.273. The number of carbonyl (C=O) groups excluding carboxylic acids is 1. The molecule has 0 bridgehead atoms. The number of thioether (sulfide) groups is 1. The molecule has 2 N–H and O–H groups in total. The Balaban J connectivity index is 1.24. The number of rotatable bonds is 7. The monoisotopic (exact) mass is 377 g/mol. The van der Waals surface area contributed by atoms with Crippen molar-refractivity contribution in [2.45, 2.75) is 28.9 Å². The molecule has 2 amide bonds. The first-order valence-electron chi connectivity index (χ1n) is 9.33. The van der Waals surface area contributed by atoms with E-state index in [4.69, 9.17) is 0 Å². The highest BCUT2D eigenvalue weighted by molar-refractivity contribution is 8.01. The molecule has 0 spiro atoms. The number of nitrogens with zero attached hydrogens (tertiary/aromatic N) is 1. The third-order valence-electron chi connectivity index (χ3n) is 4.85. The van der Waals surface area contributed by atoms with Crippen LogP contribution in [0.4, 0.5) is 4.79 Å². The standard InChI is InChI=1S/C22H23N3OS/c26-21(25-16-22(12-13-22)27-19-9-2-1-3-10-19)24-15-11-18-7-4-6-17-8-5-14-23-20(17)18/h1-10,14H,11-13,15-16H2,(H2,24,25,26). The third-order valence-corrected chi connectivity index (χ3v) is 6.35. The quantitative estimate of drug-likeness (QED) is 0.642. The van der Waals surface area contributed by atoms with Gasteiger partial charge in [0.25, 0.3) is 0 Å². The number of urea groups is 1. The minimum absolute atomic E-state index is 0.0943.